The van der Waals surface area contributed by atoms with Crippen LogP contribution in [0.1, 0.15) is 17.3 Å². The van der Waals surface area contributed by atoms with Crippen LogP contribution in [0.5, 0.6) is 5.75 Å². The molecule has 0 spiro atoms. The van der Waals surface area contributed by atoms with Gasteiger partial charge in [0.05, 0.1) is 12.7 Å². The Morgan fingerprint density at radius 3 is 2.20 bits per heavy atom. The highest BCUT2D eigenvalue weighted by Gasteiger charge is 2.07. The zero-order chi connectivity index (χ0) is 11.3. The van der Waals surface area contributed by atoms with Gasteiger partial charge in [-0.25, -0.2) is 4.79 Å². The predicted octanol–water partition coefficient (Wildman–Crippen LogP) is 1.33. The third-order valence-corrected chi connectivity index (χ3v) is 1.51. The maximum Gasteiger partial charge on any atom is 0.373 e. The largest absolute Gasteiger partial charge is 0.427 e. The second-order valence-corrected chi connectivity index (χ2v) is 2.66. The Morgan fingerprint density at radius 2 is 1.73 bits per heavy atom. The van der Waals surface area contributed by atoms with Crippen LogP contribution in [0.3, 0.4) is 0 Å². The first-order valence-electron chi connectivity index (χ1n) is 4.17. The van der Waals surface area contributed by atoms with Crippen LogP contribution in [0, 0.1) is 0 Å². The van der Waals surface area contributed by atoms with Crippen molar-refractivity contribution in [3.05, 3.63) is 29.8 Å². The molecule has 15 heavy (non-hydrogen) atoms. The SMILES string of the molecule is COOC(=O)c1ccc(OC(C)=O)cc1. The molecule has 1 rings (SSSR count). The molecule has 0 heterocycles. The second-order valence-electron chi connectivity index (χ2n) is 2.66. The zero-order valence-electron chi connectivity index (χ0n) is 8.35. The molecule has 0 aliphatic heterocycles. The van der Waals surface area contributed by atoms with Crippen LogP contribution < -0.4 is 4.74 Å². The third-order valence-electron chi connectivity index (χ3n) is 1.51. The van der Waals surface area contributed by atoms with Crippen LogP contribution in [-0.4, -0.2) is 19.0 Å². The number of rotatable bonds is 3. The maximum absolute atomic E-state index is 11.1. The van der Waals surface area contributed by atoms with E-state index in [9.17, 15) is 9.59 Å². The molecule has 0 amide bonds. The van der Waals surface area contributed by atoms with Gasteiger partial charge in [0.1, 0.15) is 5.75 Å². The van der Waals surface area contributed by atoms with Crippen molar-refractivity contribution in [2.75, 3.05) is 7.11 Å². The standard InChI is InChI=1S/C10H10O5/c1-7(11)14-9-5-3-8(4-6-9)10(12)15-13-2/h3-6H,1-2H3. The minimum absolute atomic E-state index is 0.313. The molecule has 0 aliphatic carbocycles. The molecule has 0 radical (unpaired) electrons. The molecule has 0 aromatic heterocycles. The highest BCUT2D eigenvalue weighted by Crippen LogP contribution is 2.13. The van der Waals surface area contributed by atoms with Crippen molar-refractivity contribution >= 4 is 11.9 Å². The number of carbonyl (C=O) groups excluding carboxylic acids is 2. The fraction of sp³-hybridized carbons (Fsp3) is 0.200. The highest BCUT2D eigenvalue weighted by molar-refractivity contribution is 5.89. The summed E-state index contributed by atoms with van der Waals surface area (Å²) in [5, 5.41) is 0. The van der Waals surface area contributed by atoms with E-state index >= 15 is 0 Å². The normalized spacial score (nSPS) is 9.47. The lowest BCUT2D eigenvalue weighted by molar-refractivity contribution is -0.216. The lowest BCUT2D eigenvalue weighted by Gasteiger charge is -2.02. The molecule has 0 fully saturated rings. The predicted molar refractivity (Wildman–Crippen MR) is 50.2 cm³/mol. The molecule has 0 unspecified atom stereocenters. The smallest absolute Gasteiger partial charge is 0.373 e. The second kappa shape index (κ2) is 5.11. The number of carbonyl (C=O) groups is 2. The van der Waals surface area contributed by atoms with Crippen LogP contribution in [0.2, 0.25) is 0 Å². The van der Waals surface area contributed by atoms with Gasteiger partial charge in [-0.3, -0.25) is 9.68 Å². The molecule has 0 saturated carbocycles. The highest BCUT2D eigenvalue weighted by atomic mass is 17.2. The third kappa shape index (κ3) is 3.40. The molecular formula is C10H10O5. The van der Waals surface area contributed by atoms with Gasteiger partial charge in [-0.1, -0.05) is 0 Å². The van der Waals surface area contributed by atoms with Gasteiger partial charge in [-0.2, -0.15) is 4.89 Å². The average molecular weight is 210 g/mol. The van der Waals surface area contributed by atoms with Crippen molar-refractivity contribution < 1.29 is 24.1 Å². The summed E-state index contributed by atoms with van der Waals surface area (Å²) in [5.41, 5.74) is 0.313. The van der Waals surface area contributed by atoms with Gasteiger partial charge < -0.3 is 4.74 Å². The first-order valence-corrected chi connectivity index (χ1v) is 4.17. The van der Waals surface area contributed by atoms with Crippen molar-refractivity contribution in [2.24, 2.45) is 0 Å². The number of ether oxygens (including phenoxy) is 1. The fourth-order valence-corrected chi connectivity index (χ4v) is 0.949. The van der Waals surface area contributed by atoms with E-state index in [0.717, 1.165) is 0 Å². The van der Waals surface area contributed by atoms with Gasteiger partial charge in [0.15, 0.2) is 0 Å². The van der Waals surface area contributed by atoms with E-state index in [4.69, 9.17) is 4.74 Å². The van der Waals surface area contributed by atoms with E-state index in [2.05, 4.69) is 9.78 Å². The molecule has 0 saturated heterocycles. The number of hydrogen-bond acceptors (Lipinski definition) is 5. The van der Waals surface area contributed by atoms with Gasteiger partial charge in [-0.05, 0) is 24.3 Å². The molecule has 0 N–H and O–H groups in total. The van der Waals surface area contributed by atoms with Gasteiger partial charge in [0, 0.05) is 6.92 Å². The van der Waals surface area contributed by atoms with Crippen molar-refractivity contribution in [3.8, 4) is 5.75 Å². The minimum atomic E-state index is -0.605. The number of hydrogen-bond donors (Lipinski definition) is 0. The Labute approximate surface area is 86.5 Å². The maximum atomic E-state index is 11.1. The first kappa shape index (κ1) is 11.2. The Hall–Kier alpha value is -1.88. The van der Waals surface area contributed by atoms with Gasteiger partial charge >= 0.3 is 11.9 Å². The van der Waals surface area contributed by atoms with E-state index in [1.165, 1.54) is 38.3 Å². The van der Waals surface area contributed by atoms with Crippen molar-refractivity contribution in [2.45, 2.75) is 6.92 Å². The topological polar surface area (TPSA) is 61.8 Å². The molecule has 80 valence electrons. The van der Waals surface area contributed by atoms with Crippen LogP contribution in [0.4, 0.5) is 0 Å². The van der Waals surface area contributed by atoms with Crippen LogP contribution in [-0.2, 0) is 14.6 Å². The summed E-state index contributed by atoms with van der Waals surface area (Å²) in [6, 6.07) is 5.93. The first-order chi connectivity index (χ1) is 7.13. The van der Waals surface area contributed by atoms with Gasteiger partial charge in [0.25, 0.3) is 0 Å². The molecule has 0 aliphatic rings. The van der Waals surface area contributed by atoms with Crippen LogP contribution in [0.15, 0.2) is 24.3 Å². The van der Waals surface area contributed by atoms with Crippen LogP contribution >= 0.6 is 0 Å². The van der Waals surface area contributed by atoms with E-state index in [1.807, 2.05) is 0 Å². The number of esters is 1. The average Bonchev–Trinajstić information content (AvgIpc) is 2.18. The van der Waals surface area contributed by atoms with Crippen molar-refractivity contribution in [3.63, 3.8) is 0 Å². The Kier molecular flexibility index (Phi) is 3.82. The summed E-state index contributed by atoms with van der Waals surface area (Å²) in [6.45, 7) is 1.30. The van der Waals surface area contributed by atoms with Gasteiger partial charge in [-0.15, -0.1) is 0 Å². The Morgan fingerprint density at radius 1 is 1.13 bits per heavy atom. The summed E-state index contributed by atoms with van der Waals surface area (Å²) >= 11 is 0. The quantitative estimate of drug-likeness (QED) is 0.326. The molecule has 0 atom stereocenters. The van der Waals surface area contributed by atoms with E-state index < -0.39 is 11.9 Å². The lowest BCUT2D eigenvalue weighted by Crippen LogP contribution is -2.05. The van der Waals surface area contributed by atoms with Crippen molar-refractivity contribution in [1.82, 2.24) is 0 Å². The molecule has 1 aromatic rings. The summed E-state index contributed by atoms with van der Waals surface area (Å²) in [5.74, 6) is -0.648. The molecule has 1 aromatic carbocycles. The summed E-state index contributed by atoms with van der Waals surface area (Å²) in [7, 11) is 1.24. The molecule has 0 bridgehead atoms. The summed E-state index contributed by atoms with van der Waals surface area (Å²) in [4.78, 5) is 30.2. The minimum Gasteiger partial charge on any atom is -0.427 e. The Bertz CT molecular complexity index is 355. The summed E-state index contributed by atoms with van der Waals surface area (Å²) in [6.07, 6.45) is 0. The number of benzene rings is 1. The molecular weight excluding hydrogens is 200 g/mol. The molecule has 5 nitrogen and oxygen atoms in total. The fourth-order valence-electron chi connectivity index (χ4n) is 0.949. The van der Waals surface area contributed by atoms with Crippen LogP contribution in [0.25, 0.3) is 0 Å². The van der Waals surface area contributed by atoms with Crippen molar-refractivity contribution in [1.29, 1.82) is 0 Å². The Balaban J connectivity index is 2.71. The van der Waals surface area contributed by atoms with Gasteiger partial charge in [0.2, 0.25) is 0 Å². The van der Waals surface area contributed by atoms with E-state index in [-0.39, 0.29) is 0 Å². The molecule has 5 heteroatoms. The summed E-state index contributed by atoms with van der Waals surface area (Å²) < 4.78 is 4.79. The zero-order valence-corrected chi connectivity index (χ0v) is 8.35. The van der Waals surface area contributed by atoms with E-state index in [1.54, 1.807) is 0 Å². The lowest BCUT2D eigenvalue weighted by atomic mass is 10.2. The van der Waals surface area contributed by atoms with E-state index in [0.29, 0.717) is 11.3 Å². The monoisotopic (exact) mass is 210 g/mol.